The van der Waals surface area contributed by atoms with Gasteiger partial charge in [-0.1, -0.05) is 12.8 Å². The molecular formula is C27H34N8O2. The highest BCUT2D eigenvalue weighted by Gasteiger charge is 2.33. The molecule has 2 aliphatic heterocycles. The molecule has 3 aromatic heterocycles. The number of nitrogens with one attached hydrogen (secondary N) is 2. The topological polar surface area (TPSA) is 108 Å². The lowest BCUT2D eigenvalue weighted by Gasteiger charge is -2.41. The van der Waals surface area contributed by atoms with E-state index in [1.807, 2.05) is 17.0 Å². The Bertz CT molecular complexity index is 1300. The molecule has 194 valence electrons. The molecule has 2 atom stereocenters. The van der Waals surface area contributed by atoms with Crippen LogP contribution in [0.15, 0.2) is 30.6 Å². The summed E-state index contributed by atoms with van der Waals surface area (Å²) < 4.78 is 2.09. The number of pyridine rings is 1. The molecule has 5 heterocycles. The Hall–Kier alpha value is -3.53. The Labute approximate surface area is 216 Å². The number of carbonyl (C=O) groups excluding carboxylic acids is 2. The fourth-order valence-corrected chi connectivity index (χ4v) is 6.16. The molecule has 0 radical (unpaired) electrons. The van der Waals surface area contributed by atoms with Gasteiger partial charge in [-0.25, -0.2) is 9.97 Å². The summed E-state index contributed by atoms with van der Waals surface area (Å²) >= 11 is 0. The van der Waals surface area contributed by atoms with Gasteiger partial charge in [-0.05, 0) is 62.4 Å². The Morgan fingerprint density at radius 2 is 1.81 bits per heavy atom. The number of piperidine rings is 2. The van der Waals surface area contributed by atoms with Gasteiger partial charge in [0.1, 0.15) is 17.2 Å². The largest absolute Gasteiger partial charge is 0.343 e. The number of likely N-dealkylation sites (tertiary alicyclic amines) is 1. The molecule has 2 saturated heterocycles. The first-order chi connectivity index (χ1) is 18.0. The number of anilines is 2. The van der Waals surface area contributed by atoms with Gasteiger partial charge in [-0.3, -0.25) is 9.59 Å². The van der Waals surface area contributed by atoms with E-state index in [0.717, 1.165) is 62.9 Å². The highest BCUT2D eigenvalue weighted by atomic mass is 16.2. The molecule has 3 aliphatic rings. The van der Waals surface area contributed by atoms with Gasteiger partial charge in [0.15, 0.2) is 0 Å². The number of fused-ring (bicyclic) bond motifs is 3. The second kappa shape index (κ2) is 9.74. The standard InChI is InChI=1S/C27H34N8O2/c1-33(2)26(37)22-10-20-14-30-27(32-24(20)35(22)21-5-3-4-6-21)31-23-8-7-19(13-29-23)25(36)34-15-17-9-18(16-34)12-28-11-17/h7-8,10,13-14,17-18,21,28H,3-6,9,11-12,15-16H2,1-2H3,(H,29,30,31,32)/t17-,18+. The third-order valence-electron chi connectivity index (χ3n) is 7.92. The smallest absolute Gasteiger partial charge is 0.270 e. The van der Waals surface area contributed by atoms with Gasteiger partial charge in [0.2, 0.25) is 5.95 Å². The lowest BCUT2D eigenvalue weighted by atomic mass is 9.85. The number of hydrogen-bond acceptors (Lipinski definition) is 7. The lowest BCUT2D eigenvalue weighted by molar-refractivity contribution is 0.0537. The van der Waals surface area contributed by atoms with Crippen molar-refractivity contribution in [3.05, 3.63) is 41.9 Å². The quantitative estimate of drug-likeness (QED) is 0.552. The van der Waals surface area contributed by atoms with E-state index in [9.17, 15) is 9.59 Å². The maximum absolute atomic E-state index is 13.1. The van der Waals surface area contributed by atoms with Gasteiger partial charge >= 0.3 is 0 Å². The Kier molecular flexibility index (Phi) is 6.27. The summed E-state index contributed by atoms with van der Waals surface area (Å²) in [7, 11) is 3.54. The van der Waals surface area contributed by atoms with E-state index in [1.165, 1.54) is 6.42 Å². The van der Waals surface area contributed by atoms with Crippen molar-refractivity contribution in [1.29, 1.82) is 0 Å². The summed E-state index contributed by atoms with van der Waals surface area (Å²) in [6.45, 7) is 3.58. The highest BCUT2D eigenvalue weighted by Crippen LogP contribution is 2.35. The Morgan fingerprint density at radius 3 is 2.49 bits per heavy atom. The predicted molar refractivity (Wildman–Crippen MR) is 141 cm³/mol. The monoisotopic (exact) mass is 502 g/mol. The molecule has 2 amide bonds. The highest BCUT2D eigenvalue weighted by molar-refractivity contribution is 5.98. The zero-order chi connectivity index (χ0) is 25.5. The van der Waals surface area contributed by atoms with E-state index in [0.29, 0.717) is 34.9 Å². The minimum Gasteiger partial charge on any atom is -0.343 e. The first-order valence-corrected chi connectivity index (χ1v) is 13.3. The predicted octanol–water partition coefficient (Wildman–Crippen LogP) is 3.07. The molecule has 1 saturated carbocycles. The molecule has 6 rings (SSSR count). The van der Waals surface area contributed by atoms with Crippen LogP contribution >= 0.6 is 0 Å². The van der Waals surface area contributed by atoms with Crippen LogP contribution in [0, 0.1) is 11.8 Å². The van der Waals surface area contributed by atoms with Gasteiger partial charge in [-0.15, -0.1) is 0 Å². The van der Waals surface area contributed by atoms with Gasteiger partial charge in [-0.2, -0.15) is 4.98 Å². The molecule has 2 N–H and O–H groups in total. The maximum atomic E-state index is 13.1. The van der Waals surface area contributed by atoms with Crippen molar-refractivity contribution in [3.8, 4) is 0 Å². The minimum atomic E-state index is -0.0325. The van der Waals surface area contributed by atoms with Gasteiger partial charge in [0.05, 0.1) is 5.56 Å². The number of hydrogen-bond donors (Lipinski definition) is 2. The van der Waals surface area contributed by atoms with Gasteiger partial charge in [0, 0.05) is 51.0 Å². The number of nitrogens with zero attached hydrogens (tertiary/aromatic N) is 6. The molecule has 10 nitrogen and oxygen atoms in total. The van der Waals surface area contributed by atoms with E-state index < -0.39 is 0 Å². The van der Waals surface area contributed by atoms with Crippen LogP contribution in [0.5, 0.6) is 0 Å². The third-order valence-corrected chi connectivity index (χ3v) is 7.92. The zero-order valence-corrected chi connectivity index (χ0v) is 21.5. The summed E-state index contributed by atoms with van der Waals surface area (Å²) in [5.41, 5.74) is 2.00. The zero-order valence-electron chi connectivity index (χ0n) is 21.5. The van der Waals surface area contributed by atoms with Gasteiger partial charge in [0.25, 0.3) is 11.8 Å². The van der Waals surface area contributed by atoms with Crippen molar-refractivity contribution >= 4 is 34.6 Å². The van der Waals surface area contributed by atoms with E-state index in [-0.39, 0.29) is 17.9 Å². The molecule has 3 aromatic rings. The molecule has 0 spiro atoms. The first-order valence-electron chi connectivity index (χ1n) is 13.3. The van der Waals surface area contributed by atoms with Crippen molar-refractivity contribution in [2.45, 2.75) is 38.1 Å². The first kappa shape index (κ1) is 23.8. The van der Waals surface area contributed by atoms with Crippen LogP contribution in [0.2, 0.25) is 0 Å². The summed E-state index contributed by atoms with van der Waals surface area (Å²) in [6.07, 6.45) is 8.97. The second-order valence-corrected chi connectivity index (χ2v) is 10.9. The second-order valence-electron chi connectivity index (χ2n) is 10.9. The molecular weight excluding hydrogens is 468 g/mol. The summed E-state index contributed by atoms with van der Waals surface area (Å²) in [5, 5.41) is 7.49. The van der Waals surface area contributed by atoms with Crippen molar-refractivity contribution < 1.29 is 9.59 Å². The van der Waals surface area contributed by atoms with Crippen LogP contribution < -0.4 is 10.6 Å². The van der Waals surface area contributed by atoms with Gasteiger partial charge < -0.3 is 25.0 Å². The van der Waals surface area contributed by atoms with Crippen LogP contribution in [0.1, 0.15) is 59.0 Å². The molecule has 1 aliphatic carbocycles. The van der Waals surface area contributed by atoms with E-state index in [4.69, 9.17) is 4.98 Å². The fraction of sp³-hybridized carbons (Fsp3) is 0.519. The lowest BCUT2D eigenvalue weighted by Crippen LogP contribution is -2.52. The third kappa shape index (κ3) is 4.66. The van der Waals surface area contributed by atoms with Crippen molar-refractivity contribution in [1.82, 2.24) is 34.6 Å². The average Bonchev–Trinajstić information content (AvgIpc) is 3.55. The summed E-state index contributed by atoms with van der Waals surface area (Å²) in [4.78, 5) is 43.3. The summed E-state index contributed by atoms with van der Waals surface area (Å²) in [6, 6.07) is 5.76. The van der Waals surface area contributed by atoms with Crippen LogP contribution in [-0.4, -0.2) is 81.4 Å². The number of rotatable bonds is 5. The van der Waals surface area contributed by atoms with Crippen LogP contribution in [-0.2, 0) is 0 Å². The van der Waals surface area contributed by atoms with Crippen molar-refractivity contribution in [2.75, 3.05) is 45.6 Å². The summed E-state index contributed by atoms with van der Waals surface area (Å²) in [5.74, 6) is 2.06. The fourth-order valence-electron chi connectivity index (χ4n) is 6.16. The maximum Gasteiger partial charge on any atom is 0.270 e. The molecule has 3 fully saturated rings. The van der Waals surface area contributed by atoms with Crippen molar-refractivity contribution in [2.24, 2.45) is 11.8 Å². The average molecular weight is 503 g/mol. The van der Waals surface area contributed by atoms with Crippen molar-refractivity contribution in [3.63, 3.8) is 0 Å². The van der Waals surface area contributed by atoms with Crippen LogP contribution in [0.3, 0.4) is 0 Å². The Morgan fingerprint density at radius 1 is 1.05 bits per heavy atom. The SMILES string of the molecule is CN(C)C(=O)c1cc2cnc(Nc3ccc(C(=O)N4C[C@@H]5CNC[C@@H](C5)C4)cn3)nc2n1C1CCCC1. The van der Waals surface area contributed by atoms with Crippen LogP contribution in [0.25, 0.3) is 11.0 Å². The number of amides is 2. The van der Waals surface area contributed by atoms with E-state index in [2.05, 4.69) is 25.2 Å². The van der Waals surface area contributed by atoms with Crippen LogP contribution in [0.4, 0.5) is 11.8 Å². The van der Waals surface area contributed by atoms with E-state index in [1.54, 1.807) is 37.5 Å². The normalized spacial score (nSPS) is 21.8. The number of carbonyl (C=O) groups is 2. The molecule has 0 aromatic carbocycles. The number of aromatic nitrogens is 4. The molecule has 2 bridgehead atoms. The Balaban J connectivity index is 1.22. The minimum absolute atomic E-state index is 0.0325. The molecule has 10 heteroatoms. The molecule has 0 unspecified atom stereocenters. The molecule has 37 heavy (non-hydrogen) atoms. The van der Waals surface area contributed by atoms with E-state index >= 15 is 0 Å².